The van der Waals surface area contributed by atoms with Crippen LogP contribution in [-0.2, 0) is 24.6 Å². The second-order valence-corrected chi connectivity index (χ2v) is 11.3. The highest BCUT2D eigenvalue weighted by molar-refractivity contribution is 6.32. The van der Waals surface area contributed by atoms with Crippen molar-refractivity contribution < 1.29 is 28.8 Å². The molecule has 10 nitrogen and oxygen atoms in total. The number of halogens is 1. The molecule has 0 saturated heterocycles. The molecule has 3 aromatic carbocycles. The van der Waals surface area contributed by atoms with Crippen molar-refractivity contribution in [2.75, 3.05) is 13.2 Å². The maximum atomic E-state index is 11.8. The van der Waals surface area contributed by atoms with Gasteiger partial charge >= 0.3 is 5.97 Å². The second kappa shape index (κ2) is 15.5. The van der Waals surface area contributed by atoms with Crippen LogP contribution in [0.25, 0.3) is 0 Å². The molecule has 4 aromatic rings. The first-order valence-corrected chi connectivity index (χ1v) is 15.3. The maximum Gasteiger partial charge on any atom is 0.320 e. The summed E-state index contributed by atoms with van der Waals surface area (Å²) in [6, 6.07) is 20.0. The quantitative estimate of drug-likeness (QED) is 0.152. The van der Waals surface area contributed by atoms with E-state index in [4.69, 9.17) is 36.3 Å². The lowest BCUT2D eigenvalue weighted by Gasteiger charge is -2.28. The molecule has 238 valence electrons. The number of carboxylic acids is 1. The van der Waals surface area contributed by atoms with Gasteiger partial charge in [0.15, 0.2) is 17.6 Å². The summed E-state index contributed by atoms with van der Waals surface area (Å²) in [6.45, 7) is 3.35. The number of nitrogens with zero attached hydrogens (tertiary/aromatic N) is 2. The first-order valence-electron chi connectivity index (χ1n) is 14.9. The molecule has 0 fully saturated rings. The van der Waals surface area contributed by atoms with Crippen LogP contribution < -0.4 is 30.0 Å². The first kappa shape index (κ1) is 32.6. The Hall–Kier alpha value is -4.82. The molecule has 5 rings (SSSR count). The molecule has 0 amide bonds. The van der Waals surface area contributed by atoms with Crippen LogP contribution in [0.15, 0.2) is 73.1 Å². The van der Waals surface area contributed by atoms with E-state index in [9.17, 15) is 15.2 Å². The highest BCUT2D eigenvalue weighted by atomic mass is 35.5. The minimum Gasteiger partial charge on any atom is -0.488 e. The lowest BCUT2D eigenvalue weighted by atomic mass is 9.98. The topological polar surface area (TPSA) is 149 Å². The van der Waals surface area contributed by atoms with Crippen molar-refractivity contribution >= 4 is 17.6 Å². The SMILES string of the molecule is Cc1c(COc2cc(OCc3cncc(C#N)c3)c(CNC(CCCN)C(=O)O)cc2Cl)cccc1[C@H]1COc2ccccc2O1. The number of carboxylic acid groups (broad SMARTS) is 1. The number of nitrogens with two attached hydrogens (primary N) is 1. The Kier molecular flexibility index (Phi) is 10.9. The fourth-order valence-electron chi connectivity index (χ4n) is 5.15. The number of pyridine rings is 1. The number of benzene rings is 3. The van der Waals surface area contributed by atoms with Gasteiger partial charge in [0.2, 0.25) is 0 Å². The van der Waals surface area contributed by atoms with Gasteiger partial charge in [-0.25, -0.2) is 0 Å². The molecule has 1 aliphatic heterocycles. The zero-order valence-electron chi connectivity index (χ0n) is 25.4. The summed E-state index contributed by atoms with van der Waals surface area (Å²) in [5, 5.41) is 22.3. The number of hydrogen-bond acceptors (Lipinski definition) is 9. The zero-order chi connectivity index (χ0) is 32.5. The Bertz CT molecular complexity index is 1730. The number of ether oxygens (including phenoxy) is 4. The average Bonchev–Trinajstić information content (AvgIpc) is 3.07. The Balaban J connectivity index is 1.35. The van der Waals surface area contributed by atoms with Gasteiger partial charge in [-0.05, 0) is 67.3 Å². The Morgan fingerprint density at radius 1 is 1.11 bits per heavy atom. The summed E-state index contributed by atoms with van der Waals surface area (Å²) in [5.74, 6) is 1.32. The molecule has 4 N–H and O–H groups in total. The van der Waals surface area contributed by atoms with Gasteiger partial charge in [-0.2, -0.15) is 5.26 Å². The minimum absolute atomic E-state index is 0.125. The van der Waals surface area contributed by atoms with Crippen molar-refractivity contribution in [3.05, 3.63) is 111 Å². The molecule has 0 bridgehead atoms. The summed E-state index contributed by atoms with van der Waals surface area (Å²) in [5.41, 5.74) is 10.3. The van der Waals surface area contributed by atoms with E-state index in [0.29, 0.717) is 65.0 Å². The first-order chi connectivity index (χ1) is 22.4. The highest BCUT2D eigenvalue weighted by Crippen LogP contribution is 2.38. The maximum absolute atomic E-state index is 11.8. The van der Waals surface area contributed by atoms with E-state index in [1.807, 2.05) is 49.4 Å². The molecule has 2 atom stereocenters. The molecule has 2 heterocycles. The normalized spacial score (nSPS) is 14.3. The fourth-order valence-corrected chi connectivity index (χ4v) is 5.39. The van der Waals surface area contributed by atoms with E-state index in [-0.39, 0.29) is 25.9 Å². The standard InChI is InChI=1S/C35H35ClN4O6/c1-22-25(6-4-7-27(22)34-21-45-30-9-2-3-10-31(30)46-34)20-44-33-14-32(43-19-24-12-23(15-38)16-39-17-24)26(13-28(33)36)18-40-29(35(41)42)8-5-11-37/h2-4,6-7,9-10,12-14,16-17,29,34,40H,5,8,11,18-21,37H2,1H3,(H,41,42)/t29?,34-/m1/s1. The van der Waals surface area contributed by atoms with Crippen LogP contribution in [0.1, 0.15) is 52.3 Å². The molecule has 11 heteroatoms. The van der Waals surface area contributed by atoms with Gasteiger partial charge in [0.25, 0.3) is 0 Å². The monoisotopic (exact) mass is 642 g/mol. The Labute approximate surface area is 272 Å². The van der Waals surface area contributed by atoms with Crippen LogP contribution in [-0.4, -0.2) is 35.3 Å². The molecule has 0 saturated carbocycles. The predicted octanol–water partition coefficient (Wildman–Crippen LogP) is 5.87. The van der Waals surface area contributed by atoms with E-state index in [1.165, 1.54) is 6.20 Å². The third kappa shape index (κ3) is 8.06. The average molecular weight is 643 g/mol. The smallest absolute Gasteiger partial charge is 0.320 e. The number of rotatable bonds is 14. The van der Waals surface area contributed by atoms with E-state index < -0.39 is 12.0 Å². The highest BCUT2D eigenvalue weighted by Gasteiger charge is 2.25. The number of hydrogen-bond donors (Lipinski definition) is 3. The minimum atomic E-state index is -0.964. The van der Waals surface area contributed by atoms with Crippen LogP contribution in [0.3, 0.4) is 0 Å². The van der Waals surface area contributed by atoms with Crippen molar-refractivity contribution in [1.82, 2.24) is 10.3 Å². The van der Waals surface area contributed by atoms with E-state index >= 15 is 0 Å². The van der Waals surface area contributed by atoms with E-state index in [1.54, 1.807) is 24.4 Å². The summed E-state index contributed by atoms with van der Waals surface area (Å²) >= 11 is 6.70. The summed E-state index contributed by atoms with van der Waals surface area (Å²) in [4.78, 5) is 15.9. The van der Waals surface area contributed by atoms with Crippen molar-refractivity contribution in [2.24, 2.45) is 5.73 Å². The molecule has 1 aromatic heterocycles. The summed E-state index contributed by atoms with van der Waals surface area (Å²) in [7, 11) is 0. The Morgan fingerprint density at radius 3 is 2.70 bits per heavy atom. The number of aliphatic carboxylic acids is 1. The molecular weight excluding hydrogens is 608 g/mol. The van der Waals surface area contributed by atoms with Gasteiger partial charge in [-0.15, -0.1) is 0 Å². The fraction of sp³-hybridized carbons (Fsp3) is 0.286. The molecule has 0 radical (unpaired) electrons. The van der Waals surface area contributed by atoms with Gasteiger partial charge in [-0.3, -0.25) is 9.78 Å². The van der Waals surface area contributed by atoms with Crippen molar-refractivity contribution in [2.45, 2.75) is 51.7 Å². The van der Waals surface area contributed by atoms with Crippen LogP contribution in [0.5, 0.6) is 23.0 Å². The number of para-hydroxylation sites is 2. The second-order valence-electron chi connectivity index (χ2n) is 10.9. The third-order valence-electron chi connectivity index (χ3n) is 7.69. The number of nitrogens with one attached hydrogen (secondary N) is 1. The molecule has 1 unspecified atom stereocenters. The summed E-state index contributed by atoms with van der Waals surface area (Å²) < 4.78 is 24.6. The third-order valence-corrected chi connectivity index (χ3v) is 7.99. The van der Waals surface area contributed by atoms with Crippen LogP contribution >= 0.6 is 11.6 Å². The van der Waals surface area contributed by atoms with Gasteiger partial charge in [0.05, 0.1) is 10.6 Å². The van der Waals surface area contributed by atoms with Gasteiger partial charge < -0.3 is 35.1 Å². The number of aromatic nitrogens is 1. The molecule has 0 aliphatic carbocycles. The van der Waals surface area contributed by atoms with E-state index in [0.717, 1.165) is 22.4 Å². The molecule has 0 spiro atoms. The van der Waals surface area contributed by atoms with E-state index in [2.05, 4.69) is 16.4 Å². The molecule has 1 aliphatic rings. The number of carbonyl (C=O) groups is 1. The zero-order valence-corrected chi connectivity index (χ0v) is 26.1. The summed E-state index contributed by atoms with van der Waals surface area (Å²) in [6.07, 6.45) is 3.78. The van der Waals surface area contributed by atoms with Gasteiger partial charge in [-0.1, -0.05) is 41.9 Å². The van der Waals surface area contributed by atoms with Crippen molar-refractivity contribution in [3.8, 4) is 29.1 Å². The lowest BCUT2D eigenvalue weighted by Crippen LogP contribution is -2.36. The van der Waals surface area contributed by atoms with Crippen molar-refractivity contribution in [3.63, 3.8) is 0 Å². The molecule has 46 heavy (non-hydrogen) atoms. The lowest BCUT2D eigenvalue weighted by molar-refractivity contribution is -0.139. The number of nitriles is 1. The largest absolute Gasteiger partial charge is 0.488 e. The predicted molar refractivity (Wildman–Crippen MR) is 172 cm³/mol. The molecular formula is C35H35ClN4O6. The number of fused-ring (bicyclic) bond motifs is 1. The van der Waals surface area contributed by atoms with Crippen LogP contribution in [0, 0.1) is 18.3 Å². The van der Waals surface area contributed by atoms with Gasteiger partial charge in [0, 0.05) is 36.1 Å². The van der Waals surface area contributed by atoms with Crippen molar-refractivity contribution in [1.29, 1.82) is 5.26 Å². The Morgan fingerprint density at radius 2 is 1.91 bits per heavy atom. The van der Waals surface area contributed by atoms with Crippen LogP contribution in [0.4, 0.5) is 0 Å². The van der Waals surface area contributed by atoms with Crippen LogP contribution in [0.2, 0.25) is 5.02 Å². The van der Waals surface area contributed by atoms with Gasteiger partial charge in [0.1, 0.15) is 43.4 Å².